The number of hydrogen-bond donors (Lipinski definition) is 2. The minimum Gasteiger partial charge on any atom is -0.484 e. The Bertz CT molecular complexity index is 839. The van der Waals surface area contributed by atoms with Crippen LogP contribution in [-0.4, -0.2) is 22.4 Å². The Morgan fingerprint density at radius 1 is 0.861 bits per heavy atom. The molecule has 0 spiro atoms. The first-order valence-electron chi connectivity index (χ1n) is 15.1. The third-order valence-electron chi connectivity index (χ3n) is 10.1. The van der Waals surface area contributed by atoms with Crippen LogP contribution < -0.4 is 10.1 Å². The predicted molar refractivity (Wildman–Crippen MR) is 151 cm³/mol. The Morgan fingerprint density at radius 3 is 1.83 bits per heavy atom. The maximum Gasteiger partial charge on any atom is 0.143 e. The van der Waals surface area contributed by atoms with Gasteiger partial charge in [0.25, 0.3) is 0 Å². The van der Waals surface area contributed by atoms with E-state index in [0.717, 1.165) is 24.2 Å². The van der Waals surface area contributed by atoms with E-state index in [2.05, 4.69) is 91.9 Å². The highest BCUT2D eigenvalue weighted by atomic mass is 16.5. The minimum atomic E-state index is -0.584. The van der Waals surface area contributed by atoms with Gasteiger partial charge in [-0.15, -0.1) is 0 Å². The SMILES string of the molecule is CC1CCC(C(C)C)C(C2(C3CC(C)CCC3C(C)C)Oc3ccccc3C(NC(C)(C)C)C2O)C1. The molecule has 2 saturated carbocycles. The van der Waals surface area contributed by atoms with Crippen molar-refractivity contribution in [3.8, 4) is 5.75 Å². The van der Waals surface area contributed by atoms with Crippen molar-refractivity contribution in [1.82, 2.24) is 5.32 Å². The number of rotatable bonds is 5. The van der Waals surface area contributed by atoms with Crippen LogP contribution in [-0.2, 0) is 0 Å². The molecule has 0 bridgehead atoms. The summed E-state index contributed by atoms with van der Waals surface area (Å²) in [5.74, 6) is 5.34. The number of para-hydroxylation sites is 1. The van der Waals surface area contributed by atoms with E-state index in [-0.39, 0.29) is 11.6 Å². The molecule has 36 heavy (non-hydrogen) atoms. The summed E-state index contributed by atoms with van der Waals surface area (Å²) in [5, 5.41) is 16.7. The Labute approximate surface area is 222 Å². The number of ether oxygens (including phenoxy) is 1. The van der Waals surface area contributed by atoms with Crippen LogP contribution in [0.3, 0.4) is 0 Å². The molecule has 3 aliphatic rings. The molecule has 0 aromatic heterocycles. The smallest absolute Gasteiger partial charge is 0.143 e. The van der Waals surface area contributed by atoms with Crippen molar-refractivity contribution in [2.75, 3.05) is 0 Å². The maximum atomic E-state index is 12.8. The summed E-state index contributed by atoms with van der Waals surface area (Å²) >= 11 is 0. The molecule has 4 rings (SSSR count). The lowest BCUT2D eigenvalue weighted by Gasteiger charge is -2.61. The highest BCUT2D eigenvalue weighted by molar-refractivity contribution is 5.41. The van der Waals surface area contributed by atoms with Gasteiger partial charge in [0.1, 0.15) is 17.5 Å². The van der Waals surface area contributed by atoms with Gasteiger partial charge in [-0.2, -0.15) is 0 Å². The van der Waals surface area contributed by atoms with Crippen molar-refractivity contribution in [2.24, 2.45) is 47.3 Å². The van der Waals surface area contributed by atoms with Crippen molar-refractivity contribution in [3.63, 3.8) is 0 Å². The summed E-state index contributed by atoms with van der Waals surface area (Å²) in [6.45, 7) is 21.1. The van der Waals surface area contributed by atoms with E-state index >= 15 is 0 Å². The topological polar surface area (TPSA) is 41.5 Å². The average Bonchev–Trinajstić information content (AvgIpc) is 2.79. The van der Waals surface area contributed by atoms with Gasteiger partial charge in [0.15, 0.2) is 0 Å². The quantitative estimate of drug-likeness (QED) is 0.433. The minimum absolute atomic E-state index is 0.115. The predicted octanol–water partition coefficient (Wildman–Crippen LogP) is 8.02. The normalized spacial score (nSPS) is 39.7. The lowest BCUT2D eigenvalue weighted by atomic mass is 9.52. The Morgan fingerprint density at radius 2 is 1.36 bits per heavy atom. The number of fused-ring (bicyclic) bond motifs is 1. The number of aliphatic hydroxyl groups excluding tert-OH is 1. The van der Waals surface area contributed by atoms with Gasteiger partial charge in [0, 0.05) is 22.9 Å². The van der Waals surface area contributed by atoms with Crippen molar-refractivity contribution < 1.29 is 9.84 Å². The van der Waals surface area contributed by atoms with Crippen LogP contribution in [0.2, 0.25) is 0 Å². The van der Waals surface area contributed by atoms with Crippen LogP contribution in [0.5, 0.6) is 5.75 Å². The summed E-state index contributed by atoms with van der Waals surface area (Å²) in [6.07, 6.45) is 6.80. The van der Waals surface area contributed by atoms with E-state index in [4.69, 9.17) is 4.74 Å². The van der Waals surface area contributed by atoms with E-state index in [1.807, 2.05) is 0 Å². The lowest BCUT2D eigenvalue weighted by Crippen LogP contribution is -2.69. The number of aliphatic hydroxyl groups is 1. The van der Waals surface area contributed by atoms with Gasteiger partial charge in [-0.25, -0.2) is 0 Å². The zero-order valence-corrected chi connectivity index (χ0v) is 24.7. The first kappa shape index (κ1) is 28.0. The molecule has 1 aromatic rings. The van der Waals surface area contributed by atoms with Gasteiger partial charge in [0.05, 0.1) is 6.04 Å². The van der Waals surface area contributed by atoms with Gasteiger partial charge < -0.3 is 15.2 Å². The van der Waals surface area contributed by atoms with E-state index < -0.39 is 11.7 Å². The van der Waals surface area contributed by atoms with Gasteiger partial charge in [-0.3, -0.25) is 0 Å². The first-order chi connectivity index (χ1) is 16.8. The van der Waals surface area contributed by atoms with Crippen LogP contribution in [0.4, 0.5) is 0 Å². The fourth-order valence-electron chi connectivity index (χ4n) is 8.44. The monoisotopic (exact) mass is 497 g/mol. The van der Waals surface area contributed by atoms with Crippen LogP contribution in [0.1, 0.15) is 112 Å². The van der Waals surface area contributed by atoms with Gasteiger partial charge in [-0.05, 0) is 88.0 Å². The molecule has 2 fully saturated rings. The first-order valence-corrected chi connectivity index (χ1v) is 15.1. The molecule has 3 nitrogen and oxygen atoms in total. The highest BCUT2D eigenvalue weighted by Crippen LogP contribution is 2.59. The molecule has 0 amide bonds. The summed E-state index contributed by atoms with van der Waals surface area (Å²) in [4.78, 5) is 0. The highest BCUT2D eigenvalue weighted by Gasteiger charge is 2.63. The van der Waals surface area contributed by atoms with Crippen molar-refractivity contribution in [1.29, 1.82) is 0 Å². The Kier molecular flexibility index (Phi) is 8.23. The largest absolute Gasteiger partial charge is 0.484 e. The van der Waals surface area contributed by atoms with Gasteiger partial charge in [-0.1, -0.05) is 72.6 Å². The van der Waals surface area contributed by atoms with Crippen LogP contribution >= 0.6 is 0 Å². The summed E-state index contributed by atoms with van der Waals surface area (Å²) in [5.41, 5.74) is 0.423. The summed E-state index contributed by atoms with van der Waals surface area (Å²) in [7, 11) is 0. The molecule has 8 atom stereocenters. The van der Waals surface area contributed by atoms with Gasteiger partial charge >= 0.3 is 0 Å². The molecule has 1 aliphatic heterocycles. The molecule has 1 aromatic carbocycles. The molecule has 2 N–H and O–H groups in total. The van der Waals surface area contributed by atoms with Crippen molar-refractivity contribution >= 4 is 0 Å². The standard InChI is InChI=1S/C33H55NO2/c1-20(2)24-16-14-22(5)18-27(24)33(28-19-23(6)15-17-25(28)21(3)4)31(35)30(34-32(7,8)9)26-12-10-11-13-29(26)36-33/h10-13,20-25,27-28,30-31,34-35H,14-19H2,1-9H3. The molecule has 0 saturated heterocycles. The second-order valence-electron chi connectivity index (χ2n) is 14.7. The van der Waals surface area contributed by atoms with E-state index in [1.165, 1.54) is 25.7 Å². The van der Waals surface area contributed by atoms with Crippen molar-refractivity contribution in [3.05, 3.63) is 29.8 Å². The lowest BCUT2D eigenvalue weighted by molar-refractivity contribution is -0.204. The number of hydrogen-bond acceptors (Lipinski definition) is 3. The third kappa shape index (κ3) is 5.26. The van der Waals surface area contributed by atoms with Crippen LogP contribution in [0.15, 0.2) is 24.3 Å². The third-order valence-corrected chi connectivity index (χ3v) is 10.1. The molecular formula is C33H55NO2. The second kappa shape index (κ2) is 10.6. The Balaban J connectivity index is 1.95. The maximum absolute atomic E-state index is 12.8. The van der Waals surface area contributed by atoms with E-state index in [0.29, 0.717) is 47.3 Å². The molecule has 8 unspecified atom stereocenters. The fourth-order valence-corrected chi connectivity index (χ4v) is 8.44. The number of nitrogens with one attached hydrogen (secondary N) is 1. The van der Waals surface area contributed by atoms with Crippen LogP contribution in [0, 0.1) is 47.3 Å². The summed E-state index contributed by atoms with van der Waals surface area (Å²) in [6, 6.07) is 8.41. The van der Waals surface area contributed by atoms with Crippen molar-refractivity contribution in [2.45, 2.75) is 124 Å². The molecular weight excluding hydrogens is 442 g/mol. The summed E-state index contributed by atoms with van der Waals surface area (Å²) < 4.78 is 7.42. The molecule has 204 valence electrons. The second-order valence-corrected chi connectivity index (χ2v) is 14.7. The molecule has 3 heteroatoms. The zero-order chi connectivity index (χ0) is 26.4. The van der Waals surface area contributed by atoms with E-state index in [1.54, 1.807) is 0 Å². The zero-order valence-electron chi connectivity index (χ0n) is 24.7. The Hall–Kier alpha value is -1.06. The molecule has 1 heterocycles. The molecule has 2 aliphatic carbocycles. The fraction of sp³-hybridized carbons (Fsp3) is 0.818. The van der Waals surface area contributed by atoms with Crippen LogP contribution in [0.25, 0.3) is 0 Å². The van der Waals surface area contributed by atoms with Gasteiger partial charge in [0.2, 0.25) is 0 Å². The van der Waals surface area contributed by atoms with E-state index in [9.17, 15) is 5.11 Å². The average molecular weight is 498 g/mol. The number of benzene rings is 1. The molecule has 0 radical (unpaired) electrons.